The van der Waals surface area contributed by atoms with Crippen LogP contribution in [0.25, 0.3) is 56.1 Å². The summed E-state index contributed by atoms with van der Waals surface area (Å²) in [6.07, 6.45) is 1.85. The Kier molecular flexibility index (Phi) is 8.81. The first kappa shape index (κ1) is 36.0. The van der Waals surface area contributed by atoms with Crippen LogP contribution in [0, 0.1) is 0 Å². The highest BCUT2D eigenvalue weighted by atomic mass is 16.3. The molecule has 0 aliphatic rings. The average molecular weight is 679 g/mol. The van der Waals surface area contributed by atoms with Gasteiger partial charge in [0, 0.05) is 41.0 Å². The summed E-state index contributed by atoms with van der Waals surface area (Å²) in [7, 11) is 2.01. The van der Waals surface area contributed by atoms with E-state index in [0.29, 0.717) is 11.5 Å². The molecule has 0 radical (unpaired) electrons. The fourth-order valence-electron chi connectivity index (χ4n) is 6.60. The molecular weight excluding hydrogens is 625 g/mol. The van der Waals surface area contributed by atoms with Gasteiger partial charge in [0.25, 0.3) is 0 Å². The number of rotatable bonds is 4. The summed E-state index contributed by atoms with van der Waals surface area (Å²) in [4.78, 5) is 15.1. The van der Waals surface area contributed by atoms with Crippen molar-refractivity contribution in [2.45, 2.75) is 105 Å². The molecule has 3 aromatic carbocycles. The van der Waals surface area contributed by atoms with Gasteiger partial charge >= 0.3 is 0 Å². The van der Waals surface area contributed by atoms with Crippen molar-refractivity contribution in [3.63, 3.8) is 0 Å². The van der Waals surface area contributed by atoms with Crippen molar-refractivity contribution in [2.75, 3.05) is 0 Å². The minimum absolute atomic E-state index is 0.00979. The number of aryl methyl sites for hydroxylation is 1. The van der Waals surface area contributed by atoms with Crippen LogP contribution in [0.2, 0.25) is 0 Å². The molecule has 0 unspecified atom stereocenters. The lowest BCUT2D eigenvalue weighted by Crippen LogP contribution is -2.19. The summed E-state index contributed by atoms with van der Waals surface area (Å²) in [6.45, 7) is 26.5. The molecule has 6 aromatic rings. The molecular formula is C46H54N4O. The van der Waals surface area contributed by atoms with Gasteiger partial charge in [-0.3, -0.25) is 4.98 Å². The minimum Gasteiger partial charge on any atom is -0.505 e. The molecule has 3 heterocycles. The van der Waals surface area contributed by atoms with Gasteiger partial charge in [0.05, 0.1) is 16.7 Å². The number of pyridine rings is 2. The van der Waals surface area contributed by atoms with Crippen molar-refractivity contribution in [1.82, 2.24) is 19.5 Å². The van der Waals surface area contributed by atoms with Crippen molar-refractivity contribution in [3.05, 3.63) is 107 Å². The minimum atomic E-state index is -0.281. The third-order valence-corrected chi connectivity index (χ3v) is 9.90. The van der Waals surface area contributed by atoms with E-state index in [1.54, 1.807) is 0 Å². The molecule has 264 valence electrons. The fourth-order valence-corrected chi connectivity index (χ4v) is 6.60. The molecule has 5 heteroatoms. The smallest absolute Gasteiger partial charge is 0.163 e. The molecule has 0 amide bonds. The molecule has 0 spiro atoms. The van der Waals surface area contributed by atoms with E-state index in [1.807, 2.05) is 25.4 Å². The van der Waals surface area contributed by atoms with E-state index in [9.17, 15) is 5.11 Å². The Labute approximate surface area is 304 Å². The molecule has 0 bridgehead atoms. The van der Waals surface area contributed by atoms with Crippen LogP contribution in [-0.2, 0) is 28.7 Å². The highest BCUT2D eigenvalue weighted by Gasteiger charge is 2.29. The molecule has 0 fully saturated rings. The molecule has 51 heavy (non-hydrogen) atoms. The van der Waals surface area contributed by atoms with Gasteiger partial charge in [-0.05, 0) is 86.5 Å². The Morgan fingerprint density at radius 1 is 0.569 bits per heavy atom. The Morgan fingerprint density at radius 3 is 1.75 bits per heavy atom. The number of nitrogens with zero attached hydrogens (tertiary/aromatic N) is 4. The number of fused-ring (bicyclic) bond motifs is 1. The van der Waals surface area contributed by atoms with Crippen LogP contribution >= 0.6 is 0 Å². The molecule has 0 saturated heterocycles. The van der Waals surface area contributed by atoms with E-state index >= 15 is 0 Å². The summed E-state index contributed by atoms with van der Waals surface area (Å²) >= 11 is 0. The zero-order chi connectivity index (χ0) is 37.3. The Balaban J connectivity index is 1.63. The second-order valence-electron chi connectivity index (χ2n) is 18.2. The number of hydrogen-bond acceptors (Lipinski definition) is 4. The molecule has 6 rings (SSSR count). The van der Waals surface area contributed by atoms with Crippen LogP contribution in [0.3, 0.4) is 0 Å². The Morgan fingerprint density at radius 2 is 1.18 bits per heavy atom. The molecule has 5 nitrogen and oxygen atoms in total. The lowest BCUT2D eigenvalue weighted by atomic mass is 9.78. The van der Waals surface area contributed by atoms with Gasteiger partial charge in [0.15, 0.2) is 5.82 Å². The Bertz CT molecular complexity index is 2220. The summed E-state index contributed by atoms with van der Waals surface area (Å²) in [5.74, 6) is 0.823. The highest BCUT2D eigenvalue weighted by molar-refractivity contribution is 5.96. The summed E-state index contributed by atoms with van der Waals surface area (Å²) in [6, 6.07) is 28.3. The van der Waals surface area contributed by atoms with Crippen LogP contribution in [0.5, 0.6) is 5.75 Å². The molecule has 0 aliphatic heterocycles. The van der Waals surface area contributed by atoms with Gasteiger partial charge in [-0.15, -0.1) is 0 Å². The highest BCUT2D eigenvalue weighted by Crippen LogP contribution is 2.43. The monoisotopic (exact) mass is 678 g/mol. The predicted octanol–water partition coefficient (Wildman–Crippen LogP) is 11.9. The lowest BCUT2D eigenvalue weighted by molar-refractivity contribution is 0.441. The van der Waals surface area contributed by atoms with Crippen LogP contribution < -0.4 is 0 Å². The quantitative estimate of drug-likeness (QED) is 0.202. The van der Waals surface area contributed by atoms with E-state index in [0.717, 1.165) is 50.2 Å². The molecule has 1 N–H and O–H groups in total. The normalized spacial score (nSPS) is 12.9. The largest absolute Gasteiger partial charge is 0.505 e. The first-order valence-electron chi connectivity index (χ1n) is 18.1. The predicted molar refractivity (Wildman–Crippen MR) is 215 cm³/mol. The van der Waals surface area contributed by atoms with E-state index in [2.05, 4.69) is 154 Å². The molecule has 0 aliphatic carbocycles. The number of imidazole rings is 1. The van der Waals surface area contributed by atoms with Crippen LogP contribution in [0.1, 0.15) is 105 Å². The van der Waals surface area contributed by atoms with Gasteiger partial charge < -0.3 is 9.67 Å². The topological polar surface area (TPSA) is 63.8 Å². The van der Waals surface area contributed by atoms with Crippen molar-refractivity contribution >= 4 is 11.0 Å². The average Bonchev–Trinajstić information content (AvgIpc) is 3.39. The number of para-hydroxylation sites is 1. The maximum atomic E-state index is 11.8. The van der Waals surface area contributed by atoms with Gasteiger partial charge in [0.2, 0.25) is 0 Å². The van der Waals surface area contributed by atoms with Crippen LogP contribution in [-0.4, -0.2) is 24.6 Å². The standard InChI is InChI=1S/C46H54N4O/c1-43(2,3)32-24-29(25-33(26-32)44(4,5)6)28-21-30(23-31(22-28)36-18-14-15-20-47-36)34-17-16-19-37-39(34)49-42(50(37)13)40-41(51)35(45(7,8)9)27-38(48-40)46(10,11)12/h14-27,51H,1-13H3. The molecule has 0 atom stereocenters. The van der Waals surface area contributed by atoms with Crippen LogP contribution in [0.4, 0.5) is 0 Å². The van der Waals surface area contributed by atoms with Gasteiger partial charge in [-0.2, -0.15) is 0 Å². The first-order chi connectivity index (χ1) is 23.6. The SMILES string of the molecule is Cn1c(-c2nc(C(C)(C)C)cc(C(C)(C)C)c2O)nc2c(-c3cc(-c4cc(C(C)(C)C)cc(C(C)(C)C)c4)cc(-c4ccccn4)c3)cccc21. The van der Waals surface area contributed by atoms with Crippen LogP contribution in [0.15, 0.2) is 85.1 Å². The summed E-state index contributed by atoms with van der Waals surface area (Å²) in [5.41, 5.74) is 12.6. The maximum Gasteiger partial charge on any atom is 0.163 e. The maximum absolute atomic E-state index is 11.8. The van der Waals surface area contributed by atoms with Gasteiger partial charge in [-0.1, -0.05) is 119 Å². The van der Waals surface area contributed by atoms with Crippen molar-refractivity contribution in [2.24, 2.45) is 7.05 Å². The van der Waals surface area contributed by atoms with E-state index in [-0.39, 0.29) is 27.4 Å². The number of aromatic nitrogens is 4. The Hall–Kier alpha value is -4.77. The summed E-state index contributed by atoms with van der Waals surface area (Å²) in [5, 5.41) is 11.8. The third-order valence-electron chi connectivity index (χ3n) is 9.90. The lowest BCUT2D eigenvalue weighted by Gasteiger charge is -2.26. The van der Waals surface area contributed by atoms with Crippen molar-refractivity contribution < 1.29 is 5.11 Å². The fraction of sp³-hybridized carbons (Fsp3) is 0.370. The number of hydrogen-bond donors (Lipinski definition) is 1. The zero-order valence-corrected chi connectivity index (χ0v) is 32.8. The summed E-state index contributed by atoms with van der Waals surface area (Å²) < 4.78 is 2.06. The molecule has 3 aromatic heterocycles. The van der Waals surface area contributed by atoms with Gasteiger partial charge in [-0.25, -0.2) is 9.97 Å². The van der Waals surface area contributed by atoms with Crippen molar-refractivity contribution in [1.29, 1.82) is 0 Å². The van der Waals surface area contributed by atoms with E-state index in [1.165, 1.54) is 16.7 Å². The van der Waals surface area contributed by atoms with Gasteiger partial charge in [0.1, 0.15) is 11.4 Å². The zero-order valence-electron chi connectivity index (χ0n) is 32.8. The second kappa shape index (κ2) is 12.5. The van der Waals surface area contributed by atoms with E-state index in [4.69, 9.17) is 15.0 Å². The second-order valence-corrected chi connectivity index (χ2v) is 18.2. The van der Waals surface area contributed by atoms with E-state index < -0.39 is 0 Å². The van der Waals surface area contributed by atoms with Crippen molar-refractivity contribution in [3.8, 4) is 50.8 Å². The first-order valence-corrected chi connectivity index (χ1v) is 18.1. The molecule has 0 saturated carbocycles. The third kappa shape index (κ3) is 7.08. The number of benzene rings is 3. The number of aromatic hydroxyl groups is 1.